The SMILES string of the molecule is C[C@H](COc1ccc(/C(O)=C/C(=O)C(F)(F)F)cc1)Oc1ccc(/C(O)=C/C(=O)C(F)(F)F)cc1. The van der Waals surface area contributed by atoms with Gasteiger partial charge in [-0.2, -0.15) is 26.3 Å². The maximum atomic E-state index is 12.3. The van der Waals surface area contributed by atoms with E-state index in [1.54, 1.807) is 6.92 Å². The number of halogens is 6. The molecule has 12 heteroatoms. The second-order valence-corrected chi connectivity index (χ2v) is 7.07. The maximum absolute atomic E-state index is 12.3. The summed E-state index contributed by atoms with van der Waals surface area (Å²) < 4.78 is 84.6. The molecule has 35 heavy (non-hydrogen) atoms. The van der Waals surface area contributed by atoms with Crippen molar-refractivity contribution in [2.75, 3.05) is 6.61 Å². The van der Waals surface area contributed by atoms with Gasteiger partial charge in [0.1, 0.15) is 35.7 Å². The van der Waals surface area contributed by atoms with Crippen LogP contribution in [0.15, 0.2) is 60.7 Å². The number of carbonyl (C=O) groups excluding carboxylic acids is 2. The summed E-state index contributed by atoms with van der Waals surface area (Å²) in [7, 11) is 0. The molecule has 2 N–H and O–H groups in total. The van der Waals surface area contributed by atoms with Crippen molar-refractivity contribution in [2.45, 2.75) is 25.4 Å². The van der Waals surface area contributed by atoms with E-state index in [9.17, 15) is 46.1 Å². The number of aliphatic hydroxyl groups is 2. The molecule has 0 aliphatic heterocycles. The van der Waals surface area contributed by atoms with Gasteiger partial charge in [0.15, 0.2) is 0 Å². The van der Waals surface area contributed by atoms with Crippen molar-refractivity contribution < 1.29 is 55.6 Å². The molecule has 6 nitrogen and oxygen atoms in total. The average Bonchev–Trinajstić information content (AvgIpc) is 2.77. The number of ether oxygens (including phenoxy) is 2. The molecule has 0 spiro atoms. The summed E-state index contributed by atoms with van der Waals surface area (Å²) >= 11 is 0. The summed E-state index contributed by atoms with van der Waals surface area (Å²) in [6, 6.07) is 10.4. The van der Waals surface area contributed by atoms with Gasteiger partial charge in [-0.25, -0.2) is 0 Å². The zero-order valence-electron chi connectivity index (χ0n) is 17.9. The summed E-state index contributed by atoms with van der Waals surface area (Å²) in [5.41, 5.74) is -0.0678. The number of alkyl halides is 6. The van der Waals surface area contributed by atoms with Crippen molar-refractivity contribution in [3.63, 3.8) is 0 Å². The van der Waals surface area contributed by atoms with E-state index in [2.05, 4.69) is 0 Å². The van der Waals surface area contributed by atoms with Crippen LogP contribution in [0.5, 0.6) is 11.5 Å². The van der Waals surface area contributed by atoms with Gasteiger partial charge in [-0.1, -0.05) is 0 Å². The number of hydrogen-bond donors (Lipinski definition) is 2. The minimum atomic E-state index is -5.10. The molecule has 2 aromatic carbocycles. The number of ketones is 2. The van der Waals surface area contributed by atoms with Crippen LogP contribution in [0, 0.1) is 0 Å². The molecular weight excluding hydrogens is 486 g/mol. The van der Waals surface area contributed by atoms with Crippen molar-refractivity contribution in [3.05, 3.63) is 71.8 Å². The van der Waals surface area contributed by atoms with Gasteiger partial charge < -0.3 is 19.7 Å². The number of aliphatic hydroxyl groups excluding tert-OH is 2. The standard InChI is InChI=1S/C23H18F6O6/c1-13(35-17-8-4-15(5-9-17)19(31)11-21(33)23(27,28)29)12-34-16-6-2-14(3-7-16)18(30)10-20(32)22(24,25)26/h2-11,13,30-31H,12H2,1H3/b18-10-,19-11-/t13-/m1/s1. The van der Waals surface area contributed by atoms with E-state index < -0.39 is 41.5 Å². The third-order valence-corrected chi connectivity index (χ3v) is 4.22. The van der Waals surface area contributed by atoms with Gasteiger partial charge in [-0.05, 0) is 55.5 Å². The zero-order chi connectivity index (χ0) is 26.4. The lowest BCUT2D eigenvalue weighted by atomic mass is 10.1. The van der Waals surface area contributed by atoms with E-state index in [4.69, 9.17) is 9.47 Å². The minimum absolute atomic E-state index is 0.0146. The highest BCUT2D eigenvalue weighted by atomic mass is 19.4. The van der Waals surface area contributed by atoms with Crippen LogP contribution < -0.4 is 9.47 Å². The fraction of sp³-hybridized carbons (Fsp3) is 0.217. The van der Waals surface area contributed by atoms with Crippen LogP contribution in [0.2, 0.25) is 0 Å². The van der Waals surface area contributed by atoms with Crippen LogP contribution in [0.4, 0.5) is 26.3 Å². The highest BCUT2D eigenvalue weighted by Gasteiger charge is 2.37. The number of hydrogen-bond acceptors (Lipinski definition) is 6. The summed E-state index contributed by atoms with van der Waals surface area (Å²) in [6.45, 7) is 1.65. The molecule has 1 atom stereocenters. The second-order valence-electron chi connectivity index (χ2n) is 7.07. The Labute approximate surface area is 194 Å². The van der Waals surface area contributed by atoms with Crippen LogP contribution in [0.25, 0.3) is 11.5 Å². The lowest BCUT2D eigenvalue weighted by Crippen LogP contribution is -2.21. The highest BCUT2D eigenvalue weighted by molar-refractivity contribution is 5.99. The third kappa shape index (κ3) is 8.40. The van der Waals surface area contributed by atoms with E-state index in [0.717, 1.165) is 0 Å². The number of rotatable bonds is 9. The highest BCUT2D eigenvalue weighted by Crippen LogP contribution is 2.23. The summed E-state index contributed by atoms with van der Waals surface area (Å²) in [6.07, 6.45) is -10.6. The maximum Gasteiger partial charge on any atom is 0.454 e. The molecule has 0 radical (unpaired) electrons. The molecule has 0 bridgehead atoms. The molecule has 0 saturated carbocycles. The Kier molecular flexibility index (Phi) is 8.56. The predicted octanol–water partition coefficient (Wildman–Crippen LogP) is 5.59. The largest absolute Gasteiger partial charge is 0.507 e. The normalized spacial score (nSPS) is 13.8. The van der Waals surface area contributed by atoms with Crippen LogP contribution in [-0.2, 0) is 9.59 Å². The Hall–Kier alpha value is -3.96. The van der Waals surface area contributed by atoms with Crippen molar-refractivity contribution in [2.24, 2.45) is 0 Å². The molecular formula is C23H18F6O6. The predicted molar refractivity (Wildman–Crippen MR) is 112 cm³/mol. The molecule has 0 aliphatic rings. The molecule has 188 valence electrons. The van der Waals surface area contributed by atoms with E-state index in [0.29, 0.717) is 11.5 Å². The molecule has 0 saturated heterocycles. The monoisotopic (exact) mass is 504 g/mol. The molecule has 0 fully saturated rings. The van der Waals surface area contributed by atoms with Crippen LogP contribution in [0.1, 0.15) is 18.1 Å². The Bertz CT molecular complexity index is 1100. The summed E-state index contributed by atoms with van der Waals surface area (Å²) in [5, 5.41) is 19.3. The van der Waals surface area contributed by atoms with Crippen LogP contribution in [0.3, 0.4) is 0 Å². The quantitative estimate of drug-likeness (QED) is 0.263. The first kappa shape index (κ1) is 27.3. The van der Waals surface area contributed by atoms with Crippen LogP contribution in [-0.4, -0.2) is 46.8 Å². The van der Waals surface area contributed by atoms with Gasteiger partial charge in [0, 0.05) is 23.3 Å². The first-order chi connectivity index (χ1) is 16.2. The Morgan fingerprint density at radius 2 is 1.14 bits per heavy atom. The van der Waals surface area contributed by atoms with E-state index in [1.165, 1.54) is 48.5 Å². The fourth-order valence-electron chi connectivity index (χ4n) is 2.48. The average molecular weight is 504 g/mol. The first-order valence-electron chi connectivity index (χ1n) is 9.71. The van der Waals surface area contributed by atoms with Gasteiger partial charge in [-0.15, -0.1) is 0 Å². The van der Waals surface area contributed by atoms with Crippen molar-refractivity contribution >= 4 is 23.1 Å². The Balaban J connectivity index is 1.91. The third-order valence-electron chi connectivity index (χ3n) is 4.22. The van der Waals surface area contributed by atoms with Crippen molar-refractivity contribution in [3.8, 4) is 11.5 Å². The number of allylic oxidation sites excluding steroid dienone is 2. The van der Waals surface area contributed by atoms with Gasteiger partial charge in [0.25, 0.3) is 11.6 Å². The fourth-order valence-corrected chi connectivity index (χ4v) is 2.48. The summed E-state index contributed by atoms with van der Waals surface area (Å²) in [4.78, 5) is 21.8. The smallest absolute Gasteiger partial charge is 0.454 e. The van der Waals surface area contributed by atoms with Gasteiger partial charge >= 0.3 is 12.4 Å². The van der Waals surface area contributed by atoms with E-state index >= 15 is 0 Å². The molecule has 0 aliphatic carbocycles. The van der Waals surface area contributed by atoms with Crippen molar-refractivity contribution in [1.82, 2.24) is 0 Å². The molecule has 2 aromatic rings. The topological polar surface area (TPSA) is 93.1 Å². The molecule has 0 amide bonds. The summed E-state index contributed by atoms with van der Waals surface area (Å²) in [5.74, 6) is -5.53. The van der Waals surface area contributed by atoms with Gasteiger partial charge in [0.05, 0.1) is 0 Å². The van der Waals surface area contributed by atoms with Crippen LogP contribution >= 0.6 is 0 Å². The molecule has 2 rings (SSSR count). The number of benzene rings is 2. The Morgan fingerprint density at radius 1 is 0.771 bits per heavy atom. The number of carbonyl (C=O) groups is 2. The molecule has 0 unspecified atom stereocenters. The second kappa shape index (κ2) is 11.0. The van der Waals surface area contributed by atoms with E-state index in [-0.39, 0.29) is 29.9 Å². The van der Waals surface area contributed by atoms with Gasteiger partial charge in [0.2, 0.25) is 0 Å². The lowest BCUT2D eigenvalue weighted by molar-refractivity contribution is -0.165. The minimum Gasteiger partial charge on any atom is -0.507 e. The first-order valence-corrected chi connectivity index (χ1v) is 9.71. The van der Waals surface area contributed by atoms with Crippen molar-refractivity contribution in [1.29, 1.82) is 0 Å². The lowest BCUT2D eigenvalue weighted by Gasteiger charge is -2.16. The molecule has 0 heterocycles. The zero-order valence-corrected chi connectivity index (χ0v) is 17.9. The van der Waals surface area contributed by atoms with Gasteiger partial charge in [-0.3, -0.25) is 9.59 Å². The molecule has 0 aromatic heterocycles. The van der Waals surface area contributed by atoms with E-state index in [1.807, 2.05) is 0 Å². The Morgan fingerprint density at radius 3 is 1.51 bits per heavy atom.